The summed E-state index contributed by atoms with van der Waals surface area (Å²) in [6.45, 7) is 0. The quantitative estimate of drug-likeness (QED) is 0.852. The van der Waals surface area contributed by atoms with Gasteiger partial charge in [0.2, 0.25) is 0 Å². The van der Waals surface area contributed by atoms with E-state index in [-0.39, 0.29) is 29.2 Å². The molecule has 3 rings (SSSR count). The van der Waals surface area contributed by atoms with Crippen LogP contribution in [0.25, 0.3) is 11.4 Å². The number of pyridine rings is 1. The van der Waals surface area contributed by atoms with E-state index >= 15 is 0 Å². The van der Waals surface area contributed by atoms with Gasteiger partial charge in [-0.05, 0) is 29.0 Å². The number of tetrazole rings is 1. The first-order chi connectivity index (χ1) is 11.5. The van der Waals surface area contributed by atoms with Crippen LogP contribution in [-0.4, -0.2) is 38.3 Å². The summed E-state index contributed by atoms with van der Waals surface area (Å²) in [4.78, 5) is 15.5. The van der Waals surface area contributed by atoms with Crippen LogP contribution >= 0.6 is 0 Å². The molecule has 1 atom stereocenters. The van der Waals surface area contributed by atoms with Crippen molar-refractivity contribution < 1.29 is 18.3 Å². The molecule has 0 bridgehead atoms. The van der Waals surface area contributed by atoms with E-state index in [2.05, 4.69) is 25.2 Å². The lowest BCUT2D eigenvalue weighted by Crippen LogP contribution is -2.16. The summed E-state index contributed by atoms with van der Waals surface area (Å²) in [6, 6.07) is 0.341. The summed E-state index contributed by atoms with van der Waals surface area (Å²) in [7, 11) is 1.22. The fraction of sp³-hybridized carbons (Fsp3) is 0.214. The summed E-state index contributed by atoms with van der Waals surface area (Å²) in [5.74, 6) is -2.49. The number of aromatic nitrogens is 5. The van der Waals surface area contributed by atoms with Gasteiger partial charge in [-0.3, -0.25) is 0 Å². The Morgan fingerprint density at radius 2 is 2.25 bits per heavy atom. The van der Waals surface area contributed by atoms with Crippen LogP contribution in [0.4, 0.5) is 14.6 Å². The molecule has 1 aliphatic rings. The molecule has 0 aromatic carbocycles. The van der Waals surface area contributed by atoms with Gasteiger partial charge in [0.25, 0.3) is 0 Å². The van der Waals surface area contributed by atoms with Crippen molar-refractivity contribution in [2.45, 2.75) is 12.5 Å². The van der Waals surface area contributed by atoms with Crippen LogP contribution in [0.5, 0.6) is 0 Å². The van der Waals surface area contributed by atoms with Crippen LogP contribution in [0, 0.1) is 0 Å². The Bertz CT molecular complexity index is 861. The largest absolute Gasteiger partial charge is 0.465 e. The monoisotopic (exact) mass is 334 g/mol. The molecular weight excluding hydrogens is 322 g/mol. The molecule has 0 aliphatic heterocycles. The number of esters is 1. The zero-order chi connectivity index (χ0) is 17.3. The van der Waals surface area contributed by atoms with E-state index in [0.717, 1.165) is 10.8 Å². The Kier molecular flexibility index (Phi) is 4.02. The van der Waals surface area contributed by atoms with Crippen LogP contribution in [-0.2, 0) is 4.74 Å². The fourth-order valence-electron chi connectivity index (χ4n) is 2.31. The molecule has 10 heteroatoms. The van der Waals surface area contributed by atoms with Gasteiger partial charge in [-0.25, -0.2) is 23.2 Å². The summed E-state index contributed by atoms with van der Waals surface area (Å²) >= 11 is 0. The Morgan fingerprint density at radius 3 is 3.00 bits per heavy atom. The number of hydrogen-bond acceptors (Lipinski definition) is 7. The number of allylic oxidation sites excluding steroid dienone is 4. The van der Waals surface area contributed by atoms with Crippen molar-refractivity contribution in [2.24, 2.45) is 0 Å². The Morgan fingerprint density at radius 1 is 1.46 bits per heavy atom. The zero-order valence-electron chi connectivity index (χ0n) is 12.5. The van der Waals surface area contributed by atoms with E-state index in [1.165, 1.54) is 25.4 Å². The molecule has 2 heterocycles. The fourth-order valence-corrected chi connectivity index (χ4v) is 2.31. The molecule has 2 N–H and O–H groups in total. The first-order valence-corrected chi connectivity index (χ1v) is 6.86. The Balaban J connectivity index is 2.08. The maximum absolute atomic E-state index is 14.1. The maximum Gasteiger partial charge on any atom is 0.339 e. The molecule has 1 unspecified atom stereocenters. The molecular formula is C14H12F2N6O2. The minimum Gasteiger partial charge on any atom is -0.465 e. The van der Waals surface area contributed by atoms with Gasteiger partial charge >= 0.3 is 5.97 Å². The standard InChI is InChI=1S/C14H12F2N6O2/c1-24-14(23)7-5-8(12(17)18-6-7)13-19-20-21-22(13)10-4-2-3-9(15)11(10)16/h2-3,5-6,10H,4H2,1H3,(H2,17,18). The summed E-state index contributed by atoms with van der Waals surface area (Å²) in [6.07, 6.45) is 3.92. The molecule has 124 valence electrons. The van der Waals surface area contributed by atoms with E-state index in [1.807, 2.05) is 0 Å². The number of halogens is 2. The first kappa shape index (κ1) is 15.7. The summed E-state index contributed by atoms with van der Waals surface area (Å²) in [5.41, 5.74) is 6.16. The molecule has 8 nitrogen and oxygen atoms in total. The highest BCUT2D eigenvalue weighted by molar-refractivity contribution is 5.91. The topological polar surface area (TPSA) is 109 Å². The lowest BCUT2D eigenvalue weighted by atomic mass is 10.1. The average molecular weight is 334 g/mol. The molecule has 0 saturated heterocycles. The first-order valence-electron chi connectivity index (χ1n) is 6.86. The number of anilines is 1. The van der Waals surface area contributed by atoms with E-state index in [4.69, 9.17) is 5.73 Å². The number of methoxy groups -OCH3 is 1. The van der Waals surface area contributed by atoms with Crippen LogP contribution in [0.3, 0.4) is 0 Å². The lowest BCUT2D eigenvalue weighted by Gasteiger charge is -2.18. The lowest BCUT2D eigenvalue weighted by molar-refractivity contribution is 0.0600. The van der Waals surface area contributed by atoms with Crippen LogP contribution < -0.4 is 5.73 Å². The maximum atomic E-state index is 14.1. The van der Waals surface area contributed by atoms with Gasteiger partial charge in [0.05, 0.1) is 18.2 Å². The molecule has 0 saturated carbocycles. The predicted octanol–water partition coefficient (Wildman–Crippen LogP) is 1.76. The van der Waals surface area contributed by atoms with Gasteiger partial charge in [-0.15, -0.1) is 5.10 Å². The van der Waals surface area contributed by atoms with Crippen LogP contribution in [0.15, 0.2) is 36.1 Å². The Hall–Kier alpha value is -3.17. The van der Waals surface area contributed by atoms with Crippen molar-refractivity contribution in [1.29, 1.82) is 0 Å². The average Bonchev–Trinajstić information content (AvgIpc) is 3.06. The Labute approximate surface area is 134 Å². The van der Waals surface area contributed by atoms with E-state index in [1.54, 1.807) is 0 Å². The van der Waals surface area contributed by atoms with Gasteiger partial charge < -0.3 is 10.5 Å². The van der Waals surface area contributed by atoms with Crippen molar-refractivity contribution in [2.75, 3.05) is 12.8 Å². The SMILES string of the molecule is COC(=O)c1cnc(N)c(-c2nnnn2C2CC=CC(F)=C2F)c1. The number of nitrogens with two attached hydrogens (primary N) is 1. The number of ether oxygens (including phenoxy) is 1. The van der Waals surface area contributed by atoms with Crippen LogP contribution in [0.1, 0.15) is 22.8 Å². The van der Waals surface area contributed by atoms with E-state index in [0.29, 0.717) is 0 Å². The van der Waals surface area contributed by atoms with Gasteiger partial charge in [-0.2, -0.15) is 0 Å². The predicted molar refractivity (Wildman–Crippen MR) is 78.8 cm³/mol. The third-order valence-electron chi connectivity index (χ3n) is 3.51. The van der Waals surface area contributed by atoms with Gasteiger partial charge in [-0.1, -0.05) is 6.08 Å². The van der Waals surface area contributed by atoms with Crippen LogP contribution in [0.2, 0.25) is 0 Å². The highest BCUT2D eigenvalue weighted by Gasteiger charge is 2.28. The normalized spacial score (nSPS) is 17.2. The smallest absolute Gasteiger partial charge is 0.339 e. The number of rotatable bonds is 3. The van der Waals surface area contributed by atoms with Crippen molar-refractivity contribution in [3.05, 3.63) is 41.6 Å². The minimum atomic E-state index is -1.04. The van der Waals surface area contributed by atoms with Gasteiger partial charge in [0.1, 0.15) is 11.9 Å². The molecule has 0 radical (unpaired) electrons. The second-order valence-corrected chi connectivity index (χ2v) is 4.95. The zero-order valence-corrected chi connectivity index (χ0v) is 12.5. The van der Waals surface area contributed by atoms with E-state index in [9.17, 15) is 13.6 Å². The van der Waals surface area contributed by atoms with E-state index < -0.39 is 23.7 Å². The van der Waals surface area contributed by atoms with Crippen molar-refractivity contribution in [3.63, 3.8) is 0 Å². The molecule has 1 aliphatic carbocycles. The highest BCUT2D eigenvalue weighted by atomic mass is 19.2. The second kappa shape index (κ2) is 6.14. The molecule has 2 aromatic heterocycles. The third-order valence-corrected chi connectivity index (χ3v) is 3.51. The summed E-state index contributed by atoms with van der Waals surface area (Å²) in [5, 5.41) is 11.0. The molecule has 0 spiro atoms. The summed E-state index contributed by atoms with van der Waals surface area (Å²) < 4.78 is 33.3. The third kappa shape index (κ3) is 2.62. The minimum absolute atomic E-state index is 0.0370. The second-order valence-electron chi connectivity index (χ2n) is 4.95. The number of carbonyl (C=O) groups excluding carboxylic acids is 1. The van der Waals surface area contributed by atoms with Crippen molar-refractivity contribution in [1.82, 2.24) is 25.2 Å². The van der Waals surface area contributed by atoms with Gasteiger partial charge in [0.15, 0.2) is 17.5 Å². The number of carbonyl (C=O) groups is 1. The number of nitrogens with zero attached hydrogens (tertiary/aromatic N) is 5. The van der Waals surface area contributed by atoms with Gasteiger partial charge in [0, 0.05) is 6.20 Å². The highest BCUT2D eigenvalue weighted by Crippen LogP contribution is 2.34. The number of hydrogen-bond donors (Lipinski definition) is 1. The molecule has 0 amide bonds. The number of nitrogen functional groups attached to an aromatic ring is 1. The van der Waals surface area contributed by atoms with Crippen molar-refractivity contribution >= 4 is 11.8 Å². The molecule has 0 fully saturated rings. The molecule has 2 aromatic rings. The molecule has 24 heavy (non-hydrogen) atoms. The van der Waals surface area contributed by atoms with Crippen molar-refractivity contribution in [3.8, 4) is 11.4 Å².